The van der Waals surface area contributed by atoms with Gasteiger partial charge in [0.25, 0.3) is 5.91 Å². The number of aromatic nitrogens is 4. The third kappa shape index (κ3) is 3.93. The molecule has 3 aromatic heterocycles. The van der Waals surface area contributed by atoms with Crippen LogP contribution < -0.4 is 5.73 Å². The molecule has 2 saturated heterocycles. The molecule has 2 aliphatic rings. The first kappa shape index (κ1) is 22.1. The molecule has 0 bridgehead atoms. The topological polar surface area (TPSA) is 110 Å². The number of amides is 2. The fourth-order valence-corrected chi connectivity index (χ4v) is 4.68. The number of anilines is 1. The lowest BCUT2D eigenvalue weighted by molar-refractivity contribution is -0.183. The Morgan fingerprint density at radius 3 is 2.71 bits per heavy atom. The van der Waals surface area contributed by atoms with Gasteiger partial charge in [0.15, 0.2) is 0 Å². The van der Waals surface area contributed by atoms with Crippen molar-refractivity contribution < 1.29 is 22.8 Å². The third-order valence-corrected chi connectivity index (χ3v) is 6.40. The van der Waals surface area contributed by atoms with E-state index in [1.54, 1.807) is 29.4 Å². The molecule has 2 N–H and O–H groups in total. The lowest BCUT2D eigenvalue weighted by atomic mass is 9.93. The summed E-state index contributed by atoms with van der Waals surface area (Å²) in [5.74, 6) is -0.613. The number of halogens is 3. The van der Waals surface area contributed by atoms with Gasteiger partial charge in [-0.3, -0.25) is 19.3 Å². The van der Waals surface area contributed by atoms with Crippen LogP contribution in [0, 0.1) is 0 Å². The number of rotatable bonds is 4. The van der Waals surface area contributed by atoms with Crippen LogP contribution in [-0.2, 0) is 11.3 Å². The van der Waals surface area contributed by atoms with Crippen LogP contribution in [0.1, 0.15) is 34.8 Å². The first-order valence-corrected chi connectivity index (χ1v) is 10.9. The van der Waals surface area contributed by atoms with Crippen molar-refractivity contribution in [2.75, 3.05) is 25.4 Å². The van der Waals surface area contributed by atoms with Crippen LogP contribution in [-0.4, -0.2) is 73.2 Å². The molecule has 0 aliphatic carbocycles. The summed E-state index contributed by atoms with van der Waals surface area (Å²) in [5.41, 5.74) is 7.39. The molecule has 34 heavy (non-hydrogen) atoms. The Balaban J connectivity index is 1.34. The summed E-state index contributed by atoms with van der Waals surface area (Å²) in [7, 11) is 0. The van der Waals surface area contributed by atoms with E-state index >= 15 is 0 Å². The second-order valence-electron chi connectivity index (χ2n) is 8.60. The molecule has 0 saturated carbocycles. The minimum Gasteiger partial charge on any atom is -0.384 e. The maximum atomic E-state index is 13.3. The van der Waals surface area contributed by atoms with Crippen molar-refractivity contribution in [3.05, 3.63) is 48.0 Å². The molecule has 178 valence electrons. The van der Waals surface area contributed by atoms with Crippen molar-refractivity contribution in [3.8, 4) is 0 Å². The second-order valence-corrected chi connectivity index (χ2v) is 8.60. The quantitative estimate of drug-likeness (QED) is 0.622. The number of carbonyl (C=O) groups excluding carboxylic acids is 2. The van der Waals surface area contributed by atoms with E-state index in [9.17, 15) is 22.8 Å². The van der Waals surface area contributed by atoms with Gasteiger partial charge in [0.1, 0.15) is 18.4 Å². The van der Waals surface area contributed by atoms with Gasteiger partial charge < -0.3 is 15.5 Å². The van der Waals surface area contributed by atoms with Crippen LogP contribution in [0.25, 0.3) is 10.9 Å². The Bertz CT molecular complexity index is 1250. The number of alkyl halides is 3. The molecule has 5 rings (SSSR count). The maximum Gasteiger partial charge on any atom is 0.408 e. The number of nitrogens with zero attached hydrogens (tertiary/aromatic N) is 6. The average Bonchev–Trinajstić information content (AvgIpc) is 3.39. The molecular formula is C22H22F3N7O2. The largest absolute Gasteiger partial charge is 0.408 e. The predicted molar refractivity (Wildman–Crippen MR) is 116 cm³/mol. The van der Waals surface area contributed by atoms with Gasteiger partial charge in [0.2, 0.25) is 5.91 Å². The van der Waals surface area contributed by atoms with Crippen LogP contribution in [0.3, 0.4) is 0 Å². The lowest BCUT2D eigenvalue weighted by Gasteiger charge is -2.38. The average molecular weight is 473 g/mol. The predicted octanol–water partition coefficient (Wildman–Crippen LogP) is 2.20. The fourth-order valence-electron chi connectivity index (χ4n) is 4.68. The molecule has 0 aromatic carbocycles. The maximum absolute atomic E-state index is 13.3. The number of nitrogen functional groups attached to an aromatic ring is 1. The first-order chi connectivity index (χ1) is 16.2. The third-order valence-electron chi connectivity index (χ3n) is 6.40. The lowest BCUT2D eigenvalue weighted by Crippen LogP contribution is -2.48. The highest BCUT2D eigenvalue weighted by Gasteiger charge is 2.47. The number of carbonyl (C=O) groups is 2. The van der Waals surface area contributed by atoms with E-state index in [0.717, 1.165) is 4.90 Å². The zero-order valence-corrected chi connectivity index (χ0v) is 18.1. The van der Waals surface area contributed by atoms with Crippen molar-refractivity contribution in [2.24, 2.45) is 0 Å². The molecule has 0 radical (unpaired) electrons. The first-order valence-electron chi connectivity index (χ1n) is 10.9. The van der Waals surface area contributed by atoms with Crippen molar-refractivity contribution in [3.63, 3.8) is 0 Å². The Labute approximate surface area is 192 Å². The summed E-state index contributed by atoms with van der Waals surface area (Å²) in [4.78, 5) is 36.1. The summed E-state index contributed by atoms with van der Waals surface area (Å²) >= 11 is 0. The van der Waals surface area contributed by atoms with E-state index in [2.05, 4.69) is 15.1 Å². The van der Waals surface area contributed by atoms with Gasteiger partial charge in [-0.2, -0.15) is 18.3 Å². The standard InChI is InChI=1S/C22H22F3N7O2/c23-22(24,25)17-2-1-7-31(17)19(33)12-32-16-4-5-27-9-15(16)20(29-32)14-10-30(11-14)21(34)13-3-6-28-18(26)8-13/h3-6,8-9,14,17H,1-2,7,10-12H2,(H2,26,28)/t17-/m0/s1. The van der Waals surface area contributed by atoms with Crippen LogP contribution in [0.2, 0.25) is 0 Å². The van der Waals surface area contributed by atoms with Gasteiger partial charge in [0, 0.05) is 55.1 Å². The van der Waals surface area contributed by atoms with Crippen LogP contribution in [0.4, 0.5) is 19.0 Å². The molecule has 3 aromatic rings. The van der Waals surface area contributed by atoms with E-state index in [1.807, 2.05) is 0 Å². The van der Waals surface area contributed by atoms with Crippen molar-refractivity contribution in [1.82, 2.24) is 29.5 Å². The van der Waals surface area contributed by atoms with E-state index < -0.39 is 18.1 Å². The minimum absolute atomic E-state index is 0.0792. The van der Waals surface area contributed by atoms with Gasteiger partial charge in [-0.25, -0.2) is 4.98 Å². The van der Waals surface area contributed by atoms with E-state index in [0.29, 0.717) is 41.7 Å². The van der Waals surface area contributed by atoms with E-state index in [1.165, 1.54) is 16.9 Å². The molecule has 0 unspecified atom stereocenters. The van der Waals surface area contributed by atoms with Gasteiger partial charge in [-0.1, -0.05) is 0 Å². The number of nitrogens with two attached hydrogens (primary N) is 1. The Morgan fingerprint density at radius 1 is 1.18 bits per heavy atom. The molecule has 0 spiro atoms. The zero-order chi connectivity index (χ0) is 24.0. The van der Waals surface area contributed by atoms with Gasteiger partial charge in [-0.05, 0) is 31.0 Å². The molecule has 2 fully saturated rings. The van der Waals surface area contributed by atoms with E-state index in [4.69, 9.17) is 5.73 Å². The molecule has 12 heteroatoms. The van der Waals surface area contributed by atoms with Crippen molar-refractivity contribution in [2.45, 2.75) is 37.5 Å². The Hall–Kier alpha value is -3.70. The van der Waals surface area contributed by atoms with Gasteiger partial charge in [-0.15, -0.1) is 0 Å². The summed E-state index contributed by atoms with van der Waals surface area (Å²) in [6.07, 6.45) is 0.435. The van der Waals surface area contributed by atoms with E-state index in [-0.39, 0.29) is 37.2 Å². The van der Waals surface area contributed by atoms with Crippen LogP contribution >= 0.6 is 0 Å². The number of hydrogen-bond acceptors (Lipinski definition) is 6. The normalized spacial score (nSPS) is 19.0. The second kappa shape index (κ2) is 8.26. The Kier molecular flexibility index (Phi) is 5.37. The van der Waals surface area contributed by atoms with Crippen LogP contribution in [0.5, 0.6) is 0 Å². The van der Waals surface area contributed by atoms with Crippen molar-refractivity contribution in [1.29, 1.82) is 0 Å². The molecule has 2 amide bonds. The smallest absolute Gasteiger partial charge is 0.384 e. The number of pyridine rings is 2. The highest BCUT2D eigenvalue weighted by molar-refractivity contribution is 5.95. The zero-order valence-electron chi connectivity index (χ0n) is 18.1. The minimum atomic E-state index is -4.45. The fraction of sp³-hybridized carbons (Fsp3) is 0.409. The highest BCUT2D eigenvalue weighted by Crippen LogP contribution is 2.34. The molecule has 5 heterocycles. The molecule has 1 atom stereocenters. The number of likely N-dealkylation sites (tertiary alicyclic amines) is 2. The molecule has 9 nitrogen and oxygen atoms in total. The van der Waals surface area contributed by atoms with Gasteiger partial charge in [0.05, 0.1) is 11.2 Å². The van der Waals surface area contributed by atoms with Crippen molar-refractivity contribution >= 4 is 28.5 Å². The van der Waals surface area contributed by atoms with Crippen LogP contribution in [0.15, 0.2) is 36.8 Å². The SMILES string of the molecule is Nc1cc(C(=O)N2CC(c3nn(CC(=O)N4CCC[C@H]4C(F)(F)F)c4ccncc34)C2)ccn1. The molecule has 2 aliphatic heterocycles. The molecular weight excluding hydrogens is 451 g/mol. The summed E-state index contributed by atoms with van der Waals surface area (Å²) in [6, 6.07) is 3.04. The summed E-state index contributed by atoms with van der Waals surface area (Å²) < 4.78 is 41.4. The number of fused-ring (bicyclic) bond motifs is 1. The summed E-state index contributed by atoms with van der Waals surface area (Å²) in [6.45, 7) is 0.616. The van der Waals surface area contributed by atoms with Gasteiger partial charge >= 0.3 is 6.18 Å². The summed E-state index contributed by atoms with van der Waals surface area (Å²) in [5, 5.41) is 5.29. The monoisotopic (exact) mass is 473 g/mol. The highest BCUT2D eigenvalue weighted by atomic mass is 19.4. The Morgan fingerprint density at radius 2 is 1.97 bits per heavy atom. The number of hydrogen-bond donors (Lipinski definition) is 1.